The monoisotopic (exact) mass is 295 g/mol. The normalized spacial score (nSPS) is 23.6. The van der Waals surface area contributed by atoms with Crippen LogP contribution in [0.3, 0.4) is 0 Å². The van der Waals surface area contributed by atoms with Gasteiger partial charge in [-0.1, -0.05) is 0 Å². The highest BCUT2D eigenvalue weighted by Gasteiger charge is 2.36. The second-order valence-electron chi connectivity index (χ2n) is 4.95. The Balaban J connectivity index is 2.31. The molecule has 1 saturated carbocycles. The quantitative estimate of drug-likeness (QED) is 0.788. The summed E-state index contributed by atoms with van der Waals surface area (Å²) in [7, 11) is 0. The Bertz CT molecular complexity index is 339. The molecule has 0 aromatic carbocycles. The Morgan fingerprint density at radius 3 is 2.74 bits per heavy atom. The SMILES string of the molecule is CC(=O)NC(CSCC1CCCC(F)(F)C1)C(=O)O. The number of hydrogen-bond acceptors (Lipinski definition) is 3. The number of amides is 1. The molecule has 4 nitrogen and oxygen atoms in total. The lowest BCUT2D eigenvalue weighted by Crippen LogP contribution is -2.41. The minimum Gasteiger partial charge on any atom is -0.480 e. The third-order valence-electron chi connectivity index (χ3n) is 3.06. The number of halogens is 2. The fraction of sp³-hybridized carbons (Fsp3) is 0.833. The minimum absolute atomic E-state index is 0.0438. The van der Waals surface area contributed by atoms with E-state index in [4.69, 9.17) is 5.11 Å². The summed E-state index contributed by atoms with van der Waals surface area (Å²) in [5.74, 6) is -3.43. The fourth-order valence-corrected chi connectivity index (χ4v) is 3.41. The lowest BCUT2D eigenvalue weighted by Gasteiger charge is -2.28. The van der Waals surface area contributed by atoms with Crippen LogP contribution in [0.4, 0.5) is 8.78 Å². The largest absolute Gasteiger partial charge is 0.480 e. The van der Waals surface area contributed by atoms with E-state index >= 15 is 0 Å². The minimum atomic E-state index is -2.58. The summed E-state index contributed by atoms with van der Waals surface area (Å²) in [5.41, 5.74) is 0. The molecule has 2 atom stereocenters. The standard InChI is InChI=1S/C12H19F2NO3S/c1-8(16)15-10(11(17)18)7-19-6-9-3-2-4-12(13,14)5-9/h9-10H,2-7H2,1H3,(H,15,16)(H,17,18). The number of nitrogens with one attached hydrogen (secondary N) is 1. The number of carboxylic acids is 1. The molecule has 0 spiro atoms. The highest BCUT2D eigenvalue weighted by atomic mass is 32.2. The van der Waals surface area contributed by atoms with Crippen molar-refractivity contribution in [3.8, 4) is 0 Å². The van der Waals surface area contributed by atoms with Gasteiger partial charge in [0, 0.05) is 25.5 Å². The maximum absolute atomic E-state index is 13.2. The van der Waals surface area contributed by atoms with E-state index in [1.165, 1.54) is 18.7 Å². The van der Waals surface area contributed by atoms with Crippen molar-refractivity contribution in [3.05, 3.63) is 0 Å². The number of alkyl halides is 2. The third kappa shape index (κ3) is 6.22. The van der Waals surface area contributed by atoms with E-state index < -0.39 is 23.8 Å². The second kappa shape index (κ2) is 7.07. The van der Waals surface area contributed by atoms with Gasteiger partial charge in [-0.3, -0.25) is 4.79 Å². The van der Waals surface area contributed by atoms with Crippen LogP contribution in [-0.4, -0.2) is 40.5 Å². The summed E-state index contributed by atoms with van der Waals surface area (Å²) in [6.45, 7) is 1.25. The molecule has 1 aliphatic carbocycles. The van der Waals surface area contributed by atoms with Crippen molar-refractivity contribution in [2.45, 2.75) is 44.6 Å². The number of rotatable bonds is 6. The maximum atomic E-state index is 13.2. The molecule has 19 heavy (non-hydrogen) atoms. The molecule has 1 amide bonds. The number of aliphatic carboxylic acids is 1. The first-order valence-corrected chi connectivity index (χ1v) is 7.41. The third-order valence-corrected chi connectivity index (χ3v) is 4.33. The second-order valence-corrected chi connectivity index (χ2v) is 6.02. The van der Waals surface area contributed by atoms with Crippen LogP contribution in [0, 0.1) is 5.92 Å². The lowest BCUT2D eigenvalue weighted by atomic mass is 9.88. The Hall–Kier alpha value is -0.850. The van der Waals surface area contributed by atoms with Crippen LogP contribution in [0.15, 0.2) is 0 Å². The van der Waals surface area contributed by atoms with Crippen LogP contribution < -0.4 is 5.32 Å². The zero-order valence-corrected chi connectivity index (χ0v) is 11.6. The van der Waals surface area contributed by atoms with Gasteiger partial charge in [0.25, 0.3) is 0 Å². The first-order chi connectivity index (χ1) is 8.80. The molecule has 0 radical (unpaired) electrons. The van der Waals surface area contributed by atoms with Gasteiger partial charge in [0.1, 0.15) is 6.04 Å². The zero-order chi connectivity index (χ0) is 14.5. The van der Waals surface area contributed by atoms with Crippen molar-refractivity contribution in [1.82, 2.24) is 5.32 Å². The van der Waals surface area contributed by atoms with E-state index in [9.17, 15) is 18.4 Å². The molecule has 0 aromatic heterocycles. The molecule has 1 aliphatic rings. The van der Waals surface area contributed by atoms with Crippen molar-refractivity contribution in [1.29, 1.82) is 0 Å². The topological polar surface area (TPSA) is 66.4 Å². The summed E-state index contributed by atoms with van der Waals surface area (Å²) >= 11 is 1.31. The Labute approximate surface area is 115 Å². The van der Waals surface area contributed by atoms with Crippen LogP contribution in [-0.2, 0) is 9.59 Å². The molecule has 0 heterocycles. The molecule has 0 aliphatic heterocycles. The Morgan fingerprint density at radius 2 is 2.21 bits per heavy atom. The van der Waals surface area contributed by atoms with E-state index in [0.717, 1.165) is 6.42 Å². The average molecular weight is 295 g/mol. The first kappa shape index (κ1) is 16.2. The van der Waals surface area contributed by atoms with Gasteiger partial charge in [0.2, 0.25) is 11.8 Å². The van der Waals surface area contributed by atoms with Gasteiger partial charge in [0.15, 0.2) is 0 Å². The van der Waals surface area contributed by atoms with Gasteiger partial charge in [0.05, 0.1) is 0 Å². The predicted octanol–water partition coefficient (Wildman–Crippen LogP) is 2.13. The van der Waals surface area contributed by atoms with Gasteiger partial charge < -0.3 is 10.4 Å². The molecule has 110 valence electrons. The van der Waals surface area contributed by atoms with Crippen molar-refractivity contribution in [2.75, 3.05) is 11.5 Å². The molecular weight excluding hydrogens is 276 g/mol. The predicted molar refractivity (Wildman–Crippen MR) is 69.5 cm³/mol. The molecule has 1 fully saturated rings. The van der Waals surface area contributed by atoms with Gasteiger partial charge >= 0.3 is 5.97 Å². The molecule has 0 bridgehead atoms. The summed E-state index contributed by atoms with van der Waals surface area (Å²) in [4.78, 5) is 21.7. The smallest absolute Gasteiger partial charge is 0.327 e. The van der Waals surface area contributed by atoms with E-state index in [1.54, 1.807) is 0 Å². The van der Waals surface area contributed by atoms with Crippen molar-refractivity contribution >= 4 is 23.6 Å². The van der Waals surface area contributed by atoms with Crippen molar-refractivity contribution in [3.63, 3.8) is 0 Å². The van der Waals surface area contributed by atoms with Crippen LogP contribution in [0.25, 0.3) is 0 Å². The highest BCUT2D eigenvalue weighted by Crippen LogP contribution is 2.37. The number of carbonyl (C=O) groups is 2. The number of carbonyl (C=O) groups excluding carboxylic acids is 1. The Morgan fingerprint density at radius 1 is 1.53 bits per heavy atom. The average Bonchev–Trinajstić information content (AvgIpc) is 2.25. The number of carboxylic acid groups (broad SMARTS) is 1. The highest BCUT2D eigenvalue weighted by molar-refractivity contribution is 7.99. The van der Waals surface area contributed by atoms with Gasteiger partial charge in [-0.25, -0.2) is 13.6 Å². The van der Waals surface area contributed by atoms with Gasteiger partial charge in [-0.05, 0) is 24.5 Å². The fourth-order valence-electron chi connectivity index (χ4n) is 2.19. The van der Waals surface area contributed by atoms with Crippen molar-refractivity contribution in [2.24, 2.45) is 5.92 Å². The zero-order valence-electron chi connectivity index (χ0n) is 10.8. The van der Waals surface area contributed by atoms with Crippen LogP contribution in [0.1, 0.15) is 32.6 Å². The summed E-state index contributed by atoms with van der Waals surface area (Å²) in [5, 5.41) is 11.2. The number of thioether (sulfide) groups is 1. The van der Waals surface area contributed by atoms with E-state index in [1.807, 2.05) is 0 Å². The molecule has 2 N–H and O–H groups in total. The maximum Gasteiger partial charge on any atom is 0.327 e. The lowest BCUT2D eigenvalue weighted by molar-refractivity contribution is -0.140. The van der Waals surface area contributed by atoms with E-state index in [2.05, 4.69) is 5.32 Å². The number of hydrogen-bond donors (Lipinski definition) is 2. The molecule has 0 saturated heterocycles. The Kier molecular flexibility index (Phi) is 6.03. The summed E-state index contributed by atoms with van der Waals surface area (Å²) in [6, 6.07) is -0.952. The van der Waals surface area contributed by atoms with E-state index in [0.29, 0.717) is 12.2 Å². The van der Waals surface area contributed by atoms with Crippen LogP contribution >= 0.6 is 11.8 Å². The molecule has 7 heteroatoms. The van der Waals surface area contributed by atoms with Gasteiger partial charge in [-0.15, -0.1) is 0 Å². The molecule has 1 rings (SSSR count). The summed E-state index contributed by atoms with van der Waals surface area (Å²) in [6.07, 6.45) is 1.13. The first-order valence-electron chi connectivity index (χ1n) is 6.25. The summed E-state index contributed by atoms with van der Waals surface area (Å²) < 4.78 is 26.4. The molecular formula is C12H19F2NO3S. The van der Waals surface area contributed by atoms with Gasteiger partial charge in [-0.2, -0.15) is 11.8 Å². The molecule has 2 unspecified atom stereocenters. The van der Waals surface area contributed by atoms with E-state index in [-0.39, 0.29) is 24.5 Å². The van der Waals surface area contributed by atoms with Crippen LogP contribution in [0.5, 0.6) is 0 Å². The van der Waals surface area contributed by atoms with Crippen LogP contribution in [0.2, 0.25) is 0 Å². The van der Waals surface area contributed by atoms with Crippen molar-refractivity contribution < 1.29 is 23.5 Å². The molecule has 0 aromatic rings.